The summed E-state index contributed by atoms with van der Waals surface area (Å²) in [7, 11) is 2.04. The van der Waals surface area contributed by atoms with Crippen LogP contribution in [0.3, 0.4) is 0 Å². The minimum Gasteiger partial charge on any atom is -0.508 e. The number of rotatable bonds is 5. The lowest BCUT2D eigenvalue weighted by atomic mass is 9.91. The SMILES string of the molecule is CNC1CCc2c(c3cc(O)ccc3n2CCc2cnn(C(C)C)c2)C1.Cl. The second-order valence-corrected chi connectivity index (χ2v) is 7.68. The van der Waals surface area contributed by atoms with Gasteiger partial charge in [-0.1, -0.05) is 0 Å². The number of aromatic hydroxyl groups is 1. The molecular formula is C21H29ClN4O. The fourth-order valence-corrected chi connectivity index (χ4v) is 4.17. The number of likely N-dealkylation sites (N-methyl/N-ethyl adjacent to an activating group) is 1. The average Bonchev–Trinajstić information content (AvgIpc) is 3.22. The van der Waals surface area contributed by atoms with Crippen molar-refractivity contribution >= 4 is 23.3 Å². The van der Waals surface area contributed by atoms with Crippen LogP contribution in [0.15, 0.2) is 30.6 Å². The first-order valence-electron chi connectivity index (χ1n) is 9.60. The Kier molecular flexibility index (Phi) is 5.82. The van der Waals surface area contributed by atoms with Crippen molar-refractivity contribution in [3.63, 3.8) is 0 Å². The zero-order valence-electron chi connectivity index (χ0n) is 16.3. The van der Waals surface area contributed by atoms with Crippen LogP contribution in [-0.4, -0.2) is 32.5 Å². The zero-order valence-corrected chi connectivity index (χ0v) is 17.1. The summed E-state index contributed by atoms with van der Waals surface area (Å²) in [6.07, 6.45) is 8.40. The Morgan fingerprint density at radius 3 is 2.85 bits per heavy atom. The number of phenols is 1. The van der Waals surface area contributed by atoms with Crippen LogP contribution in [-0.2, 0) is 25.8 Å². The number of halogens is 1. The molecule has 6 heteroatoms. The number of hydrogen-bond acceptors (Lipinski definition) is 3. The molecule has 27 heavy (non-hydrogen) atoms. The molecule has 5 nitrogen and oxygen atoms in total. The maximum absolute atomic E-state index is 9.99. The molecule has 0 radical (unpaired) electrons. The van der Waals surface area contributed by atoms with E-state index in [9.17, 15) is 5.11 Å². The smallest absolute Gasteiger partial charge is 0.116 e. The third-order valence-electron chi connectivity index (χ3n) is 5.67. The minimum absolute atomic E-state index is 0. The van der Waals surface area contributed by atoms with Crippen molar-refractivity contribution in [2.75, 3.05) is 7.05 Å². The standard InChI is InChI=1S/C21H28N4O.ClH/c1-14(2)25-13-15(12-23-25)8-9-24-20-6-4-16(22-3)10-18(20)19-11-17(26)5-7-21(19)24;/h5,7,11-14,16,22,26H,4,6,8-10H2,1-3H3;1H. The van der Waals surface area contributed by atoms with Gasteiger partial charge in [0.2, 0.25) is 0 Å². The summed E-state index contributed by atoms with van der Waals surface area (Å²) in [5, 5.41) is 19.1. The van der Waals surface area contributed by atoms with E-state index in [0.717, 1.165) is 32.2 Å². The predicted molar refractivity (Wildman–Crippen MR) is 112 cm³/mol. The van der Waals surface area contributed by atoms with Crippen LogP contribution in [0.5, 0.6) is 5.75 Å². The Balaban J connectivity index is 0.00000210. The molecule has 2 heterocycles. The molecule has 0 saturated carbocycles. The normalized spacial score (nSPS) is 16.5. The van der Waals surface area contributed by atoms with Gasteiger partial charge in [-0.3, -0.25) is 4.68 Å². The summed E-state index contributed by atoms with van der Waals surface area (Å²) in [6.45, 7) is 5.25. The molecule has 0 amide bonds. The van der Waals surface area contributed by atoms with E-state index in [-0.39, 0.29) is 12.4 Å². The van der Waals surface area contributed by atoms with Crippen LogP contribution >= 0.6 is 12.4 Å². The Bertz CT molecular complexity index is 928. The van der Waals surface area contributed by atoms with Gasteiger partial charge in [0.15, 0.2) is 0 Å². The van der Waals surface area contributed by atoms with Crippen LogP contribution in [0.2, 0.25) is 0 Å². The van der Waals surface area contributed by atoms with Crippen molar-refractivity contribution in [3.05, 3.63) is 47.4 Å². The molecule has 0 fully saturated rings. The highest BCUT2D eigenvalue weighted by Crippen LogP contribution is 2.34. The van der Waals surface area contributed by atoms with Gasteiger partial charge in [-0.05, 0) is 75.9 Å². The van der Waals surface area contributed by atoms with Crippen molar-refractivity contribution in [2.45, 2.75) is 58.2 Å². The first kappa shape index (κ1) is 19.8. The average molecular weight is 389 g/mol. The van der Waals surface area contributed by atoms with Crippen molar-refractivity contribution < 1.29 is 5.11 Å². The van der Waals surface area contributed by atoms with E-state index in [1.807, 2.05) is 24.0 Å². The van der Waals surface area contributed by atoms with E-state index in [1.165, 1.54) is 27.7 Å². The lowest BCUT2D eigenvalue weighted by Gasteiger charge is -2.23. The molecule has 4 rings (SSSR count). The van der Waals surface area contributed by atoms with Gasteiger partial charge in [0, 0.05) is 41.4 Å². The van der Waals surface area contributed by atoms with E-state index < -0.39 is 0 Å². The molecule has 1 aromatic carbocycles. The van der Waals surface area contributed by atoms with E-state index in [2.05, 4.69) is 41.1 Å². The van der Waals surface area contributed by atoms with Crippen LogP contribution in [0.1, 0.15) is 43.1 Å². The fourth-order valence-electron chi connectivity index (χ4n) is 4.17. The highest BCUT2D eigenvalue weighted by atomic mass is 35.5. The third-order valence-corrected chi connectivity index (χ3v) is 5.67. The van der Waals surface area contributed by atoms with Crippen LogP contribution in [0.25, 0.3) is 10.9 Å². The van der Waals surface area contributed by atoms with E-state index >= 15 is 0 Å². The van der Waals surface area contributed by atoms with Gasteiger partial charge in [-0.2, -0.15) is 5.10 Å². The summed E-state index contributed by atoms with van der Waals surface area (Å²) < 4.78 is 4.48. The fraction of sp³-hybridized carbons (Fsp3) is 0.476. The van der Waals surface area contributed by atoms with E-state index in [0.29, 0.717) is 17.8 Å². The van der Waals surface area contributed by atoms with Gasteiger partial charge in [0.05, 0.1) is 6.20 Å². The van der Waals surface area contributed by atoms with Gasteiger partial charge >= 0.3 is 0 Å². The first-order valence-corrected chi connectivity index (χ1v) is 9.60. The Hall–Kier alpha value is -1.98. The minimum atomic E-state index is 0. The van der Waals surface area contributed by atoms with Gasteiger partial charge in [-0.25, -0.2) is 0 Å². The number of nitrogens with zero attached hydrogens (tertiary/aromatic N) is 3. The lowest BCUT2D eigenvalue weighted by molar-refractivity contribution is 0.475. The predicted octanol–water partition coefficient (Wildman–Crippen LogP) is 3.87. The number of hydrogen-bond donors (Lipinski definition) is 2. The molecular weight excluding hydrogens is 360 g/mol. The second-order valence-electron chi connectivity index (χ2n) is 7.68. The van der Waals surface area contributed by atoms with E-state index in [4.69, 9.17) is 0 Å². The maximum Gasteiger partial charge on any atom is 0.116 e. The summed E-state index contributed by atoms with van der Waals surface area (Å²) in [4.78, 5) is 0. The molecule has 0 saturated heterocycles. The molecule has 1 aliphatic carbocycles. The molecule has 0 aliphatic heterocycles. The Morgan fingerprint density at radius 1 is 1.33 bits per heavy atom. The van der Waals surface area contributed by atoms with Crippen molar-refractivity contribution in [1.29, 1.82) is 0 Å². The first-order chi connectivity index (χ1) is 12.6. The molecule has 1 unspecified atom stereocenters. The zero-order chi connectivity index (χ0) is 18.3. The molecule has 1 aliphatic rings. The molecule has 2 N–H and O–H groups in total. The number of benzene rings is 1. The molecule has 1 atom stereocenters. The quantitative estimate of drug-likeness (QED) is 0.697. The highest BCUT2D eigenvalue weighted by Gasteiger charge is 2.24. The number of aromatic nitrogens is 3. The van der Waals surface area contributed by atoms with Gasteiger partial charge < -0.3 is 15.0 Å². The van der Waals surface area contributed by atoms with Crippen molar-refractivity contribution in [2.24, 2.45) is 0 Å². The van der Waals surface area contributed by atoms with Crippen LogP contribution < -0.4 is 5.32 Å². The molecule has 146 valence electrons. The molecule has 0 bridgehead atoms. The number of fused-ring (bicyclic) bond motifs is 3. The second kappa shape index (κ2) is 7.95. The van der Waals surface area contributed by atoms with Crippen molar-refractivity contribution in [3.8, 4) is 5.75 Å². The van der Waals surface area contributed by atoms with Crippen LogP contribution in [0.4, 0.5) is 0 Å². The van der Waals surface area contributed by atoms with E-state index in [1.54, 1.807) is 6.07 Å². The molecule has 2 aromatic heterocycles. The lowest BCUT2D eigenvalue weighted by Crippen LogP contribution is -2.31. The number of phenolic OH excluding ortho intramolecular Hbond substituents is 1. The van der Waals surface area contributed by atoms with Gasteiger partial charge in [0.25, 0.3) is 0 Å². The summed E-state index contributed by atoms with van der Waals surface area (Å²) in [5.41, 5.74) is 5.35. The van der Waals surface area contributed by atoms with Crippen LogP contribution in [0, 0.1) is 0 Å². The van der Waals surface area contributed by atoms with Gasteiger partial charge in [-0.15, -0.1) is 12.4 Å². The molecule has 3 aromatic rings. The summed E-state index contributed by atoms with van der Waals surface area (Å²) in [6, 6.07) is 6.71. The molecule has 0 spiro atoms. The summed E-state index contributed by atoms with van der Waals surface area (Å²) >= 11 is 0. The Morgan fingerprint density at radius 2 is 2.15 bits per heavy atom. The Labute approximate surface area is 166 Å². The topological polar surface area (TPSA) is 55.0 Å². The van der Waals surface area contributed by atoms with Crippen molar-refractivity contribution in [1.82, 2.24) is 19.7 Å². The summed E-state index contributed by atoms with van der Waals surface area (Å²) in [5.74, 6) is 0.349. The maximum atomic E-state index is 9.99. The van der Waals surface area contributed by atoms with Gasteiger partial charge in [0.1, 0.15) is 5.75 Å². The number of nitrogens with one attached hydrogen (secondary N) is 1. The highest BCUT2D eigenvalue weighted by molar-refractivity contribution is 5.87. The largest absolute Gasteiger partial charge is 0.508 e. The third kappa shape index (κ3) is 3.71. The monoisotopic (exact) mass is 388 g/mol. The number of aryl methyl sites for hydroxylation is 2.